The Bertz CT molecular complexity index is 932. The van der Waals surface area contributed by atoms with Crippen molar-refractivity contribution in [2.75, 3.05) is 31.9 Å². The fourth-order valence-electron chi connectivity index (χ4n) is 3.16. The van der Waals surface area contributed by atoms with Crippen LogP contribution in [0.15, 0.2) is 30.3 Å². The summed E-state index contributed by atoms with van der Waals surface area (Å²) in [4.78, 5) is 12.5. The van der Waals surface area contributed by atoms with Crippen LogP contribution >= 0.6 is 11.6 Å². The predicted octanol–water partition coefficient (Wildman–Crippen LogP) is 3.69. The summed E-state index contributed by atoms with van der Waals surface area (Å²) < 4.78 is 22.1. The number of amides is 1. The number of hydrogen-bond acceptors (Lipinski definition) is 6. The molecule has 0 unspecified atom stereocenters. The zero-order valence-electron chi connectivity index (χ0n) is 16.3. The summed E-state index contributed by atoms with van der Waals surface area (Å²) in [7, 11) is 0. The molecule has 7 nitrogen and oxygen atoms in total. The van der Waals surface area contributed by atoms with Crippen LogP contribution in [0, 0.1) is 0 Å². The maximum atomic E-state index is 12.5. The van der Waals surface area contributed by atoms with E-state index in [1.807, 2.05) is 32.0 Å². The van der Waals surface area contributed by atoms with Gasteiger partial charge in [-0.3, -0.25) is 10.1 Å². The number of fused-ring (bicyclic) bond motifs is 2. The summed E-state index contributed by atoms with van der Waals surface area (Å²) in [5.41, 5.74) is 1.03. The summed E-state index contributed by atoms with van der Waals surface area (Å²) >= 11 is 6.30. The average Bonchev–Trinajstić information content (AvgIpc) is 3.05. The molecule has 0 spiro atoms. The summed E-state index contributed by atoms with van der Waals surface area (Å²) in [5, 5.41) is 6.50. The molecule has 1 amide bonds. The van der Waals surface area contributed by atoms with Crippen molar-refractivity contribution in [2.24, 2.45) is 0 Å². The molecule has 2 N–H and O–H groups in total. The van der Waals surface area contributed by atoms with Crippen LogP contribution in [0.1, 0.15) is 25.8 Å². The first-order valence-corrected chi connectivity index (χ1v) is 9.84. The minimum Gasteiger partial charge on any atom is -0.490 e. The molecule has 0 bridgehead atoms. The van der Waals surface area contributed by atoms with Gasteiger partial charge in [-0.25, -0.2) is 0 Å². The normalized spacial score (nSPS) is 15.0. The first kappa shape index (κ1) is 19.7. The Morgan fingerprint density at radius 1 is 1.00 bits per heavy atom. The lowest BCUT2D eigenvalue weighted by Gasteiger charge is -2.27. The van der Waals surface area contributed by atoms with Gasteiger partial charge in [-0.1, -0.05) is 17.7 Å². The van der Waals surface area contributed by atoms with E-state index in [2.05, 4.69) is 10.6 Å². The van der Waals surface area contributed by atoms with Crippen molar-refractivity contribution in [2.45, 2.75) is 25.8 Å². The third-order valence-electron chi connectivity index (χ3n) is 4.90. The molecule has 4 rings (SSSR count). The van der Waals surface area contributed by atoms with Gasteiger partial charge in [-0.2, -0.15) is 0 Å². The Morgan fingerprint density at radius 2 is 1.69 bits per heavy atom. The maximum absolute atomic E-state index is 12.5. The highest BCUT2D eigenvalue weighted by molar-refractivity contribution is 6.34. The molecule has 0 saturated heterocycles. The van der Waals surface area contributed by atoms with Crippen LogP contribution in [0.5, 0.6) is 23.0 Å². The fourth-order valence-corrected chi connectivity index (χ4v) is 3.36. The lowest BCUT2D eigenvalue weighted by molar-refractivity contribution is -0.115. The highest BCUT2D eigenvalue weighted by Gasteiger charge is 2.24. The molecular formula is C21H23ClN2O5. The van der Waals surface area contributed by atoms with Crippen LogP contribution in [-0.4, -0.2) is 32.5 Å². The second-order valence-corrected chi connectivity index (χ2v) is 7.83. The monoisotopic (exact) mass is 418 g/mol. The van der Waals surface area contributed by atoms with Crippen molar-refractivity contribution in [1.29, 1.82) is 0 Å². The Balaban J connectivity index is 1.40. The Hall–Kier alpha value is -2.64. The SMILES string of the molecule is CC(C)(NCC(=O)Nc1cc2c(cc1Cl)OCCCO2)c1ccc2c(c1)OCO2. The highest BCUT2D eigenvalue weighted by Crippen LogP contribution is 2.38. The van der Waals surface area contributed by atoms with E-state index in [4.69, 9.17) is 30.5 Å². The fraction of sp³-hybridized carbons (Fsp3) is 0.381. The molecule has 2 aromatic rings. The van der Waals surface area contributed by atoms with Gasteiger partial charge in [0, 0.05) is 24.1 Å². The number of benzene rings is 2. The molecule has 2 aliphatic rings. The molecule has 0 saturated carbocycles. The summed E-state index contributed by atoms with van der Waals surface area (Å²) in [5.74, 6) is 2.39. The van der Waals surface area contributed by atoms with Gasteiger partial charge in [0.25, 0.3) is 0 Å². The van der Waals surface area contributed by atoms with E-state index in [1.54, 1.807) is 12.1 Å². The first-order chi connectivity index (χ1) is 13.9. The summed E-state index contributed by atoms with van der Waals surface area (Å²) in [6.45, 7) is 5.47. The van der Waals surface area contributed by atoms with E-state index in [1.165, 1.54) is 0 Å². The molecule has 2 heterocycles. The van der Waals surface area contributed by atoms with E-state index < -0.39 is 5.54 Å². The van der Waals surface area contributed by atoms with Crippen LogP contribution in [0.25, 0.3) is 0 Å². The van der Waals surface area contributed by atoms with Gasteiger partial charge in [-0.15, -0.1) is 0 Å². The number of rotatable bonds is 5. The van der Waals surface area contributed by atoms with E-state index in [0.29, 0.717) is 41.2 Å². The smallest absolute Gasteiger partial charge is 0.238 e. The van der Waals surface area contributed by atoms with E-state index in [9.17, 15) is 4.79 Å². The number of carbonyl (C=O) groups is 1. The molecular weight excluding hydrogens is 396 g/mol. The van der Waals surface area contributed by atoms with Gasteiger partial charge in [-0.05, 0) is 31.5 Å². The van der Waals surface area contributed by atoms with E-state index >= 15 is 0 Å². The van der Waals surface area contributed by atoms with E-state index in [-0.39, 0.29) is 19.2 Å². The topological polar surface area (TPSA) is 78.1 Å². The van der Waals surface area contributed by atoms with Gasteiger partial charge in [0.2, 0.25) is 12.7 Å². The standard InChI is InChI=1S/C21H23ClN2O5/c1-21(2,13-4-5-16-17(8-13)29-12-28-16)23-11-20(25)24-15-10-19-18(9-14(15)22)26-6-3-7-27-19/h4-5,8-10,23H,3,6-7,11-12H2,1-2H3,(H,24,25). The van der Waals surface area contributed by atoms with Crippen molar-refractivity contribution < 1.29 is 23.7 Å². The van der Waals surface area contributed by atoms with Gasteiger partial charge < -0.3 is 24.3 Å². The number of halogens is 1. The van der Waals surface area contributed by atoms with E-state index in [0.717, 1.165) is 17.7 Å². The van der Waals surface area contributed by atoms with Gasteiger partial charge in [0.1, 0.15) is 0 Å². The lowest BCUT2D eigenvalue weighted by atomic mass is 9.94. The third-order valence-corrected chi connectivity index (χ3v) is 5.21. The summed E-state index contributed by atoms with van der Waals surface area (Å²) in [6.07, 6.45) is 0.798. The molecule has 0 aliphatic carbocycles. The zero-order valence-corrected chi connectivity index (χ0v) is 17.1. The molecule has 0 atom stereocenters. The second-order valence-electron chi connectivity index (χ2n) is 7.42. The van der Waals surface area contributed by atoms with Crippen LogP contribution in [0.3, 0.4) is 0 Å². The molecule has 154 valence electrons. The highest BCUT2D eigenvalue weighted by atomic mass is 35.5. The van der Waals surface area contributed by atoms with Gasteiger partial charge in [0.15, 0.2) is 23.0 Å². The van der Waals surface area contributed by atoms with Crippen LogP contribution in [0.4, 0.5) is 5.69 Å². The lowest BCUT2D eigenvalue weighted by Crippen LogP contribution is -2.41. The Morgan fingerprint density at radius 3 is 2.48 bits per heavy atom. The Kier molecular flexibility index (Phi) is 5.43. The Labute approximate surface area is 174 Å². The quantitative estimate of drug-likeness (QED) is 0.771. The molecule has 0 fully saturated rings. The molecule has 29 heavy (non-hydrogen) atoms. The third kappa shape index (κ3) is 4.36. The number of ether oxygens (including phenoxy) is 4. The van der Waals surface area contributed by atoms with Crippen molar-refractivity contribution >= 4 is 23.2 Å². The van der Waals surface area contributed by atoms with Crippen LogP contribution < -0.4 is 29.6 Å². The van der Waals surface area contributed by atoms with Gasteiger partial charge in [0.05, 0.1) is 30.5 Å². The zero-order chi connectivity index (χ0) is 20.4. The van der Waals surface area contributed by atoms with Gasteiger partial charge >= 0.3 is 0 Å². The largest absolute Gasteiger partial charge is 0.490 e. The van der Waals surface area contributed by atoms with Crippen LogP contribution in [-0.2, 0) is 10.3 Å². The minimum atomic E-state index is -0.452. The van der Waals surface area contributed by atoms with Crippen molar-refractivity contribution in [3.8, 4) is 23.0 Å². The molecule has 8 heteroatoms. The molecule has 2 aliphatic heterocycles. The molecule has 0 radical (unpaired) electrons. The summed E-state index contributed by atoms with van der Waals surface area (Å²) in [6, 6.07) is 9.12. The number of carbonyl (C=O) groups excluding carboxylic acids is 1. The van der Waals surface area contributed by atoms with Crippen molar-refractivity contribution in [3.63, 3.8) is 0 Å². The number of hydrogen-bond donors (Lipinski definition) is 2. The second kappa shape index (κ2) is 8.00. The molecule has 0 aromatic heterocycles. The minimum absolute atomic E-state index is 0.103. The maximum Gasteiger partial charge on any atom is 0.238 e. The first-order valence-electron chi connectivity index (χ1n) is 9.46. The molecule has 2 aromatic carbocycles. The van der Waals surface area contributed by atoms with Crippen LogP contribution in [0.2, 0.25) is 5.02 Å². The predicted molar refractivity (Wildman–Crippen MR) is 109 cm³/mol. The average molecular weight is 419 g/mol. The van der Waals surface area contributed by atoms with Crippen molar-refractivity contribution in [1.82, 2.24) is 5.32 Å². The number of nitrogens with one attached hydrogen (secondary N) is 2. The van der Waals surface area contributed by atoms with Crippen molar-refractivity contribution in [3.05, 3.63) is 40.9 Å². The number of anilines is 1.